The second-order valence-corrected chi connectivity index (χ2v) is 10.2. The van der Waals surface area contributed by atoms with Gasteiger partial charge >= 0.3 is 5.97 Å². The lowest BCUT2D eigenvalue weighted by Crippen LogP contribution is -2.53. The molecule has 0 aliphatic carbocycles. The van der Waals surface area contributed by atoms with Crippen LogP contribution in [0.15, 0.2) is 41.8 Å². The minimum atomic E-state index is -1.03. The lowest BCUT2D eigenvalue weighted by molar-refractivity contribution is -0.144. The number of aromatic carboxylic acids is 1. The van der Waals surface area contributed by atoms with Crippen LogP contribution in [0.3, 0.4) is 0 Å². The van der Waals surface area contributed by atoms with Crippen molar-refractivity contribution in [2.75, 3.05) is 39.3 Å². The maximum Gasteiger partial charge on any atom is 0.336 e. The summed E-state index contributed by atoms with van der Waals surface area (Å²) < 4.78 is 0. The molecule has 1 aromatic carbocycles. The molecule has 2 aliphatic heterocycles. The van der Waals surface area contributed by atoms with Gasteiger partial charge in [0, 0.05) is 37.1 Å². The third kappa shape index (κ3) is 4.71. The Balaban J connectivity index is 1.38. The molecule has 4 heterocycles. The lowest BCUT2D eigenvalue weighted by atomic mass is 9.98. The zero-order valence-electron chi connectivity index (χ0n) is 19.8. The Labute approximate surface area is 212 Å². The first kappa shape index (κ1) is 24.4. The molecular weight excluding hydrogens is 480 g/mol. The molecule has 0 radical (unpaired) electrons. The highest BCUT2D eigenvalue weighted by Crippen LogP contribution is 2.34. The normalized spacial score (nSPS) is 18.8. The van der Waals surface area contributed by atoms with Crippen molar-refractivity contribution in [2.45, 2.75) is 25.4 Å². The number of rotatable bonds is 7. The molecule has 9 nitrogen and oxygen atoms in total. The van der Waals surface area contributed by atoms with Gasteiger partial charge in [-0.3, -0.25) is 14.5 Å². The highest BCUT2D eigenvalue weighted by molar-refractivity contribution is 7.13. The van der Waals surface area contributed by atoms with Crippen molar-refractivity contribution in [1.82, 2.24) is 19.7 Å². The molecule has 5 rings (SSSR count). The van der Waals surface area contributed by atoms with Crippen LogP contribution in [-0.4, -0.2) is 93.1 Å². The van der Waals surface area contributed by atoms with Crippen LogP contribution in [0.4, 0.5) is 0 Å². The highest BCUT2D eigenvalue weighted by atomic mass is 32.1. The molecule has 2 amide bonds. The number of hydrogen-bond acceptors (Lipinski definition) is 7. The summed E-state index contributed by atoms with van der Waals surface area (Å²) in [6.07, 6.45) is 1.64. The first-order valence-corrected chi connectivity index (χ1v) is 12.9. The Morgan fingerprint density at radius 3 is 2.67 bits per heavy atom. The second kappa shape index (κ2) is 10.3. The summed E-state index contributed by atoms with van der Waals surface area (Å²) in [5.74, 6) is -1.33. The Morgan fingerprint density at radius 2 is 1.94 bits per heavy atom. The van der Waals surface area contributed by atoms with Crippen LogP contribution in [0, 0.1) is 0 Å². The minimum absolute atomic E-state index is 0.00151. The van der Waals surface area contributed by atoms with Gasteiger partial charge in [0.05, 0.1) is 47.4 Å². The van der Waals surface area contributed by atoms with E-state index >= 15 is 0 Å². The zero-order valence-corrected chi connectivity index (χ0v) is 20.6. The molecule has 0 bridgehead atoms. The van der Waals surface area contributed by atoms with Gasteiger partial charge in [0.15, 0.2) is 0 Å². The largest absolute Gasteiger partial charge is 0.478 e. The molecular formula is C26H28N4O5S. The number of carboxylic acid groups (broad SMARTS) is 1. The van der Waals surface area contributed by atoms with Gasteiger partial charge in [0.1, 0.15) is 0 Å². The van der Waals surface area contributed by atoms with E-state index in [-0.39, 0.29) is 49.7 Å². The number of aliphatic hydroxyl groups is 1. The fraction of sp³-hybridized carbons (Fsp3) is 0.385. The van der Waals surface area contributed by atoms with Crippen LogP contribution in [0.25, 0.3) is 21.5 Å². The molecule has 2 aliphatic rings. The monoisotopic (exact) mass is 508 g/mol. The predicted octanol–water partition coefficient (Wildman–Crippen LogP) is 2.29. The van der Waals surface area contributed by atoms with Gasteiger partial charge in [-0.2, -0.15) is 0 Å². The first-order valence-electron chi connectivity index (χ1n) is 12.1. The van der Waals surface area contributed by atoms with E-state index in [1.54, 1.807) is 21.9 Å². The first-order chi connectivity index (χ1) is 17.5. The maximum absolute atomic E-state index is 13.0. The number of aliphatic hydroxyl groups excluding tert-OH is 1. The number of likely N-dealkylation sites (tertiary alicyclic amines) is 1. The van der Waals surface area contributed by atoms with Crippen LogP contribution in [0.2, 0.25) is 0 Å². The van der Waals surface area contributed by atoms with E-state index < -0.39 is 5.97 Å². The molecule has 0 saturated carbocycles. The van der Waals surface area contributed by atoms with E-state index in [0.717, 1.165) is 17.7 Å². The van der Waals surface area contributed by atoms with E-state index in [4.69, 9.17) is 4.98 Å². The standard InChI is InChI=1S/C26H28N4O5S/c31-16-17-5-3-9-30(17)23(33)15-29-11-10-28(14-22(29)32)13-19-24(26(34)35)18-6-1-2-7-20(18)27-25(19)21-8-4-12-36-21/h1-2,4,6-8,12,17,31H,3,5,9-11,13-16H2,(H,34,35)/t17-/m1/s1. The number of aromatic nitrogens is 1. The molecule has 10 heteroatoms. The summed E-state index contributed by atoms with van der Waals surface area (Å²) in [5.41, 5.74) is 2.03. The average Bonchev–Trinajstić information content (AvgIpc) is 3.57. The molecule has 188 valence electrons. The van der Waals surface area contributed by atoms with Gasteiger partial charge in [-0.05, 0) is 30.4 Å². The summed E-state index contributed by atoms with van der Waals surface area (Å²) in [5, 5.41) is 22.2. The second-order valence-electron chi connectivity index (χ2n) is 9.21. The number of carbonyl (C=O) groups is 3. The fourth-order valence-electron chi connectivity index (χ4n) is 5.16. The van der Waals surface area contributed by atoms with Crippen molar-refractivity contribution in [2.24, 2.45) is 0 Å². The van der Waals surface area contributed by atoms with Crippen molar-refractivity contribution in [3.8, 4) is 10.6 Å². The van der Waals surface area contributed by atoms with Crippen LogP contribution in [0.5, 0.6) is 0 Å². The number of para-hydroxylation sites is 1. The van der Waals surface area contributed by atoms with Crippen molar-refractivity contribution in [3.63, 3.8) is 0 Å². The van der Waals surface area contributed by atoms with Gasteiger partial charge in [-0.15, -0.1) is 11.3 Å². The molecule has 2 aromatic heterocycles. The fourth-order valence-corrected chi connectivity index (χ4v) is 5.90. The number of benzene rings is 1. The van der Waals surface area contributed by atoms with Crippen LogP contribution in [-0.2, 0) is 16.1 Å². The van der Waals surface area contributed by atoms with Gasteiger partial charge < -0.3 is 20.0 Å². The Bertz CT molecular complexity index is 1290. The molecule has 0 unspecified atom stereocenters. The molecule has 1 atom stereocenters. The van der Waals surface area contributed by atoms with E-state index in [0.29, 0.717) is 41.8 Å². The number of hydrogen-bond donors (Lipinski definition) is 2. The third-order valence-electron chi connectivity index (χ3n) is 6.98. The van der Waals surface area contributed by atoms with Crippen LogP contribution in [0.1, 0.15) is 28.8 Å². The molecule has 3 aromatic rings. The minimum Gasteiger partial charge on any atom is -0.478 e. The molecule has 2 N–H and O–H groups in total. The van der Waals surface area contributed by atoms with E-state index in [1.807, 2.05) is 34.5 Å². The Hall–Kier alpha value is -3.34. The number of carboxylic acids is 1. The molecule has 36 heavy (non-hydrogen) atoms. The summed E-state index contributed by atoms with van der Waals surface area (Å²) in [6, 6.07) is 10.9. The van der Waals surface area contributed by atoms with E-state index in [2.05, 4.69) is 0 Å². The quantitative estimate of drug-likeness (QED) is 0.503. The maximum atomic E-state index is 13.0. The Morgan fingerprint density at radius 1 is 1.11 bits per heavy atom. The lowest BCUT2D eigenvalue weighted by Gasteiger charge is -2.35. The van der Waals surface area contributed by atoms with Crippen molar-refractivity contribution in [3.05, 3.63) is 52.9 Å². The number of amides is 2. The van der Waals surface area contributed by atoms with E-state index in [9.17, 15) is 24.6 Å². The number of pyridine rings is 1. The number of fused-ring (bicyclic) bond motifs is 1. The van der Waals surface area contributed by atoms with Crippen molar-refractivity contribution in [1.29, 1.82) is 0 Å². The van der Waals surface area contributed by atoms with Crippen LogP contribution < -0.4 is 0 Å². The molecule has 0 spiro atoms. The smallest absolute Gasteiger partial charge is 0.336 e. The molecule has 2 fully saturated rings. The highest BCUT2D eigenvalue weighted by Gasteiger charge is 2.33. The SMILES string of the molecule is O=C(O)c1c(CN2CCN(CC(=O)N3CCC[C@@H]3CO)C(=O)C2)c(-c2cccs2)nc2ccccc12. The third-order valence-corrected chi connectivity index (χ3v) is 7.85. The zero-order chi connectivity index (χ0) is 25.2. The molecule has 2 saturated heterocycles. The van der Waals surface area contributed by atoms with Crippen molar-refractivity contribution < 1.29 is 24.6 Å². The summed E-state index contributed by atoms with van der Waals surface area (Å²) in [4.78, 5) is 49.0. The number of thiophene rings is 1. The summed E-state index contributed by atoms with van der Waals surface area (Å²) in [7, 11) is 0. The van der Waals surface area contributed by atoms with E-state index in [1.165, 1.54) is 11.3 Å². The number of nitrogens with zero attached hydrogens (tertiary/aromatic N) is 4. The van der Waals surface area contributed by atoms with Gasteiger partial charge in [-0.1, -0.05) is 24.3 Å². The number of carbonyl (C=O) groups excluding carboxylic acids is 2. The van der Waals surface area contributed by atoms with Gasteiger partial charge in [0.2, 0.25) is 11.8 Å². The Kier molecular flexibility index (Phi) is 6.99. The average molecular weight is 509 g/mol. The topological polar surface area (TPSA) is 114 Å². The summed E-state index contributed by atoms with van der Waals surface area (Å²) in [6.45, 7) is 1.79. The number of piperazine rings is 1. The van der Waals surface area contributed by atoms with Gasteiger partial charge in [0.25, 0.3) is 0 Å². The van der Waals surface area contributed by atoms with Crippen LogP contribution >= 0.6 is 11.3 Å². The van der Waals surface area contributed by atoms with Gasteiger partial charge in [-0.25, -0.2) is 9.78 Å². The predicted molar refractivity (Wildman–Crippen MR) is 136 cm³/mol. The summed E-state index contributed by atoms with van der Waals surface area (Å²) >= 11 is 1.49. The van der Waals surface area contributed by atoms with Crippen molar-refractivity contribution >= 4 is 40.0 Å².